The Bertz CT molecular complexity index is 1320. The number of amides is 4. The molecule has 4 unspecified atom stereocenters. The van der Waals surface area contributed by atoms with Gasteiger partial charge in [-0.05, 0) is 17.5 Å². The number of carbonyl (C=O) groups is 5. The minimum atomic E-state index is -1.42. The molecule has 9 N–H and O–H groups in total. The Balaban J connectivity index is 1.75. The third-order valence-electron chi connectivity index (χ3n) is 6.18. The maximum absolute atomic E-state index is 13.3. The molecule has 2 aromatic carbocycles. The number of hydrogen-bond acceptors (Lipinski definition) is 7. The first-order valence-corrected chi connectivity index (χ1v) is 12.8. The van der Waals surface area contributed by atoms with E-state index in [0.29, 0.717) is 11.3 Å². The predicted octanol–water partition coefficient (Wildman–Crippen LogP) is -0.821. The van der Waals surface area contributed by atoms with Gasteiger partial charge >= 0.3 is 5.97 Å². The number of nitrogens with one attached hydrogen (secondary N) is 4. The van der Waals surface area contributed by atoms with E-state index in [0.717, 1.165) is 5.56 Å². The van der Waals surface area contributed by atoms with Crippen LogP contribution in [0.4, 0.5) is 0 Å². The molecule has 0 saturated heterocycles. The van der Waals surface area contributed by atoms with Crippen LogP contribution in [0.5, 0.6) is 0 Å². The number of primary amides is 1. The largest absolute Gasteiger partial charge is 0.480 e. The van der Waals surface area contributed by atoms with Gasteiger partial charge in [0, 0.05) is 24.7 Å². The summed E-state index contributed by atoms with van der Waals surface area (Å²) in [7, 11) is 0. The average Bonchev–Trinajstić information content (AvgIpc) is 3.46. The highest BCUT2D eigenvalue weighted by atomic mass is 16.4. The van der Waals surface area contributed by atoms with Gasteiger partial charge in [-0.2, -0.15) is 0 Å². The Morgan fingerprint density at radius 3 is 1.83 bits per heavy atom. The van der Waals surface area contributed by atoms with Gasteiger partial charge in [0.15, 0.2) is 0 Å². The minimum Gasteiger partial charge on any atom is -0.480 e. The first-order chi connectivity index (χ1) is 19.6. The lowest BCUT2D eigenvalue weighted by Crippen LogP contribution is -2.58. The van der Waals surface area contributed by atoms with Crippen molar-refractivity contribution in [2.45, 2.75) is 49.9 Å². The number of carbonyl (C=O) groups excluding carboxylic acids is 4. The van der Waals surface area contributed by atoms with Crippen LogP contribution < -0.4 is 27.4 Å². The quantitative estimate of drug-likeness (QED) is 0.123. The molecule has 0 aliphatic carbocycles. The fourth-order valence-corrected chi connectivity index (χ4v) is 4.07. The summed E-state index contributed by atoms with van der Waals surface area (Å²) in [5.41, 5.74) is 13.3. The van der Waals surface area contributed by atoms with Crippen LogP contribution in [0.25, 0.3) is 0 Å². The van der Waals surface area contributed by atoms with Crippen molar-refractivity contribution >= 4 is 29.6 Å². The van der Waals surface area contributed by atoms with Gasteiger partial charge in [0.25, 0.3) is 0 Å². The summed E-state index contributed by atoms with van der Waals surface area (Å²) in [6.45, 7) is 0. The number of imidazole rings is 1. The second-order valence-corrected chi connectivity index (χ2v) is 9.46. The number of benzene rings is 2. The molecule has 4 atom stereocenters. The fraction of sp³-hybridized carbons (Fsp3) is 0.286. The summed E-state index contributed by atoms with van der Waals surface area (Å²) >= 11 is 0. The monoisotopic (exact) mass is 563 g/mol. The molecule has 0 spiro atoms. The van der Waals surface area contributed by atoms with Crippen molar-refractivity contribution in [3.05, 3.63) is 90.0 Å². The minimum absolute atomic E-state index is 0.000428. The van der Waals surface area contributed by atoms with Crippen molar-refractivity contribution in [1.82, 2.24) is 25.9 Å². The molecule has 13 nitrogen and oxygen atoms in total. The zero-order valence-electron chi connectivity index (χ0n) is 22.2. The molecule has 3 rings (SSSR count). The second-order valence-electron chi connectivity index (χ2n) is 9.46. The third-order valence-corrected chi connectivity index (χ3v) is 6.18. The van der Waals surface area contributed by atoms with Crippen molar-refractivity contribution < 1.29 is 29.1 Å². The van der Waals surface area contributed by atoms with Crippen LogP contribution >= 0.6 is 0 Å². The standard InChI is InChI=1S/C28H33N7O6/c29-20(11-17-7-3-1-4-8-17)25(37)33-22(14-24(30)36)27(39)34-21(12-18-9-5-2-6-10-18)26(38)35-23(28(40)41)13-19-15-31-16-32-19/h1-10,15-16,20-23H,11-14,29H2,(H2,30,36)(H,31,32)(H,33,37)(H,34,39)(H,35,38)(H,40,41). The van der Waals surface area contributed by atoms with Crippen molar-refractivity contribution in [1.29, 1.82) is 0 Å². The van der Waals surface area contributed by atoms with Gasteiger partial charge in [-0.15, -0.1) is 0 Å². The fourth-order valence-electron chi connectivity index (χ4n) is 4.07. The van der Waals surface area contributed by atoms with Crippen LogP contribution in [-0.2, 0) is 43.2 Å². The van der Waals surface area contributed by atoms with Crippen LogP contribution in [0.3, 0.4) is 0 Å². The second kappa shape index (κ2) is 14.9. The van der Waals surface area contributed by atoms with E-state index < -0.39 is 60.2 Å². The number of hydrogen-bond donors (Lipinski definition) is 7. The van der Waals surface area contributed by atoms with Gasteiger partial charge in [0.05, 0.1) is 18.8 Å². The highest BCUT2D eigenvalue weighted by molar-refractivity contribution is 5.96. The number of carboxylic acid groups (broad SMARTS) is 1. The van der Waals surface area contributed by atoms with E-state index in [1.807, 2.05) is 6.07 Å². The van der Waals surface area contributed by atoms with Gasteiger partial charge in [0.2, 0.25) is 23.6 Å². The highest BCUT2D eigenvalue weighted by Crippen LogP contribution is 2.08. The number of aromatic nitrogens is 2. The first-order valence-electron chi connectivity index (χ1n) is 12.8. The summed E-state index contributed by atoms with van der Waals surface area (Å²) in [5, 5.41) is 17.1. The van der Waals surface area contributed by atoms with Gasteiger partial charge in [-0.1, -0.05) is 60.7 Å². The van der Waals surface area contributed by atoms with Crippen molar-refractivity contribution in [2.24, 2.45) is 11.5 Å². The molecule has 3 aromatic rings. The number of H-pyrrole nitrogens is 1. The number of rotatable bonds is 15. The maximum atomic E-state index is 13.3. The van der Waals surface area contributed by atoms with E-state index in [4.69, 9.17) is 11.5 Å². The average molecular weight is 564 g/mol. The van der Waals surface area contributed by atoms with Gasteiger partial charge in [-0.25, -0.2) is 9.78 Å². The summed E-state index contributed by atoms with van der Waals surface area (Å²) in [4.78, 5) is 69.6. The zero-order valence-corrected chi connectivity index (χ0v) is 22.2. The normalized spacial score (nSPS) is 13.7. The number of carboxylic acids is 1. The van der Waals surface area contributed by atoms with Crippen molar-refractivity contribution in [3.8, 4) is 0 Å². The number of aliphatic carboxylic acids is 1. The molecule has 41 heavy (non-hydrogen) atoms. The lowest BCUT2D eigenvalue weighted by Gasteiger charge is -2.25. The van der Waals surface area contributed by atoms with Crippen LogP contribution in [0, 0.1) is 0 Å². The molecule has 0 bridgehead atoms. The van der Waals surface area contributed by atoms with E-state index in [-0.39, 0.29) is 19.3 Å². The van der Waals surface area contributed by atoms with Gasteiger partial charge in [0.1, 0.15) is 18.1 Å². The number of nitrogens with two attached hydrogens (primary N) is 2. The van der Waals surface area contributed by atoms with E-state index >= 15 is 0 Å². The summed E-state index contributed by atoms with van der Waals surface area (Å²) in [6, 6.07) is 12.7. The molecule has 13 heteroatoms. The predicted molar refractivity (Wildman–Crippen MR) is 148 cm³/mol. The van der Waals surface area contributed by atoms with E-state index in [1.165, 1.54) is 12.5 Å². The molecule has 1 aromatic heterocycles. The highest BCUT2D eigenvalue weighted by Gasteiger charge is 2.31. The molecule has 0 saturated carbocycles. The van der Waals surface area contributed by atoms with E-state index in [9.17, 15) is 29.1 Å². The number of aromatic amines is 1. The molecule has 1 heterocycles. The molecule has 4 amide bonds. The maximum Gasteiger partial charge on any atom is 0.326 e. The lowest BCUT2D eigenvalue weighted by molar-refractivity contribution is -0.142. The summed E-state index contributed by atoms with van der Waals surface area (Å²) in [6.07, 6.45) is 2.38. The van der Waals surface area contributed by atoms with Crippen LogP contribution in [-0.4, -0.2) is 68.8 Å². The topological polar surface area (TPSA) is 222 Å². The van der Waals surface area contributed by atoms with Crippen molar-refractivity contribution in [3.63, 3.8) is 0 Å². The molecule has 216 valence electrons. The Morgan fingerprint density at radius 1 is 0.756 bits per heavy atom. The molecule has 0 radical (unpaired) electrons. The number of nitrogens with zero attached hydrogens (tertiary/aromatic N) is 1. The Hall–Kier alpha value is -5.04. The van der Waals surface area contributed by atoms with E-state index in [1.54, 1.807) is 54.6 Å². The van der Waals surface area contributed by atoms with Crippen molar-refractivity contribution in [2.75, 3.05) is 0 Å². The molecular formula is C28H33N7O6. The van der Waals surface area contributed by atoms with E-state index in [2.05, 4.69) is 25.9 Å². The molecule has 0 aliphatic heterocycles. The summed E-state index contributed by atoms with van der Waals surface area (Å²) < 4.78 is 0. The third kappa shape index (κ3) is 9.89. The Morgan fingerprint density at radius 2 is 1.29 bits per heavy atom. The first kappa shape index (κ1) is 30.5. The van der Waals surface area contributed by atoms with Gasteiger partial charge < -0.3 is 37.5 Å². The van der Waals surface area contributed by atoms with Crippen LogP contribution in [0.15, 0.2) is 73.2 Å². The molecule has 0 fully saturated rings. The Labute approximate surface area is 236 Å². The SMILES string of the molecule is NC(=O)CC(NC(=O)C(N)Cc1ccccc1)C(=O)NC(Cc1ccccc1)C(=O)NC(Cc1cnc[nH]1)C(=O)O. The van der Waals surface area contributed by atoms with Crippen LogP contribution in [0.2, 0.25) is 0 Å². The molecule has 0 aliphatic rings. The molecular weight excluding hydrogens is 530 g/mol. The Kier molecular flexibility index (Phi) is 11.1. The lowest BCUT2D eigenvalue weighted by atomic mass is 10.0. The smallest absolute Gasteiger partial charge is 0.326 e. The van der Waals surface area contributed by atoms with Crippen LogP contribution in [0.1, 0.15) is 23.2 Å². The summed E-state index contributed by atoms with van der Waals surface area (Å²) in [5.74, 6) is -4.48. The zero-order chi connectivity index (χ0) is 29.8. The van der Waals surface area contributed by atoms with Gasteiger partial charge in [-0.3, -0.25) is 19.2 Å².